The third-order valence-electron chi connectivity index (χ3n) is 4.53. The molecule has 4 heteroatoms. The highest BCUT2D eigenvalue weighted by molar-refractivity contribution is 5.99. The van der Waals surface area contributed by atoms with E-state index in [1.54, 1.807) is 30.3 Å². The highest BCUT2D eigenvalue weighted by Crippen LogP contribution is 2.26. The molecule has 0 fully saturated rings. The highest BCUT2D eigenvalue weighted by atomic mass is 16.5. The topological polar surface area (TPSA) is 63.6 Å². The Bertz CT molecular complexity index is 779. The lowest BCUT2D eigenvalue weighted by Crippen LogP contribution is -2.10. The monoisotopic (exact) mass is 338 g/mol. The van der Waals surface area contributed by atoms with Gasteiger partial charge in [-0.25, -0.2) is 0 Å². The maximum Gasteiger partial charge on any atom is 0.163 e. The van der Waals surface area contributed by atoms with Crippen LogP contribution in [0, 0.1) is 0 Å². The number of ether oxygens (including phenoxy) is 1. The molecule has 1 N–H and O–H groups in total. The molecule has 0 aromatic heterocycles. The molecule has 0 atom stereocenters. The first kappa shape index (κ1) is 17.4. The number of Topliss-reactive ketones (excluding diaryl/α,β-unsaturated/α-hetero) is 2. The molecular weight excluding hydrogens is 316 g/mol. The number of ketones is 2. The van der Waals surface area contributed by atoms with E-state index in [-0.39, 0.29) is 18.2 Å². The van der Waals surface area contributed by atoms with Crippen LogP contribution in [0.4, 0.5) is 0 Å². The van der Waals surface area contributed by atoms with Crippen molar-refractivity contribution in [2.45, 2.75) is 38.7 Å². The van der Waals surface area contributed by atoms with Gasteiger partial charge in [0.05, 0.1) is 13.2 Å². The summed E-state index contributed by atoms with van der Waals surface area (Å²) in [6.07, 6.45) is 3.06. The van der Waals surface area contributed by atoms with Crippen molar-refractivity contribution in [1.82, 2.24) is 0 Å². The Hall–Kier alpha value is -2.46. The average molecular weight is 338 g/mol. The number of carbonyl (C=O) groups excluding carboxylic acids is 2. The van der Waals surface area contributed by atoms with Crippen molar-refractivity contribution in [1.29, 1.82) is 0 Å². The van der Waals surface area contributed by atoms with Crippen LogP contribution in [0.2, 0.25) is 0 Å². The van der Waals surface area contributed by atoms with Crippen LogP contribution in [0.25, 0.3) is 0 Å². The largest absolute Gasteiger partial charge is 0.493 e. The molecule has 0 saturated carbocycles. The van der Waals surface area contributed by atoms with E-state index in [0.29, 0.717) is 36.0 Å². The maximum atomic E-state index is 12.4. The van der Waals surface area contributed by atoms with Gasteiger partial charge in [0, 0.05) is 24.0 Å². The smallest absolute Gasteiger partial charge is 0.163 e. The van der Waals surface area contributed by atoms with Gasteiger partial charge in [-0.2, -0.15) is 0 Å². The van der Waals surface area contributed by atoms with E-state index in [4.69, 9.17) is 4.74 Å². The minimum Gasteiger partial charge on any atom is -0.493 e. The fraction of sp³-hybridized carbons (Fsp3) is 0.333. The quantitative estimate of drug-likeness (QED) is 0.781. The average Bonchev–Trinajstić information content (AvgIpc) is 2.67. The molecule has 0 aliphatic carbocycles. The Balaban J connectivity index is 1.57. The van der Waals surface area contributed by atoms with Crippen molar-refractivity contribution in [2.75, 3.05) is 6.61 Å². The molecular formula is C21H22O4. The molecule has 3 rings (SSSR count). The maximum absolute atomic E-state index is 12.4. The van der Waals surface area contributed by atoms with Crippen LogP contribution in [-0.2, 0) is 13.0 Å². The molecule has 0 unspecified atom stereocenters. The molecule has 0 saturated heterocycles. The van der Waals surface area contributed by atoms with Gasteiger partial charge in [0.1, 0.15) is 5.75 Å². The number of carbonyl (C=O) groups is 2. The summed E-state index contributed by atoms with van der Waals surface area (Å²) in [4.78, 5) is 24.7. The van der Waals surface area contributed by atoms with E-state index in [1.807, 2.05) is 12.1 Å². The number of aryl methyl sites for hydroxylation is 1. The number of aliphatic hydroxyl groups excluding tert-OH is 1. The van der Waals surface area contributed by atoms with Gasteiger partial charge >= 0.3 is 0 Å². The summed E-state index contributed by atoms with van der Waals surface area (Å²) in [6.45, 7) is 0.579. The Morgan fingerprint density at radius 1 is 1.04 bits per heavy atom. The van der Waals surface area contributed by atoms with Crippen molar-refractivity contribution in [3.05, 3.63) is 64.7 Å². The highest BCUT2D eigenvalue weighted by Gasteiger charge is 2.15. The van der Waals surface area contributed by atoms with Crippen molar-refractivity contribution >= 4 is 11.6 Å². The molecule has 1 aliphatic heterocycles. The molecule has 1 heterocycles. The fourth-order valence-electron chi connectivity index (χ4n) is 3.15. The first-order valence-corrected chi connectivity index (χ1v) is 8.70. The van der Waals surface area contributed by atoms with Crippen molar-refractivity contribution in [2.24, 2.45) is 0 Å². The van der Waals surface area contributed by atoms with Gasteiger partial charge in [-0.15, -0.1) is 0 Å². The Kier molecular flexibility index (Phi) is 5.61. The fourth-order valence-corrected chi connectivity index (χ4v) is 3.15. The molecule has 25 heavy (non-hydrogen) atoms. The van der Waals surface area contributed by atoms with Crippen molar-refractivity contribution < 1.29 is 19.4 Å². The summed E-state index contributed by atoms with van der Waals surface area (Å²) in [5.74, 6) is 0.895. The van der Waals surface area contributed by atoms with Gasteiger partial charge in [0.15, 0.2) is 11.6 Å². The molecule has 4 nitrogen and oxygen atoms in total. The van der Waals surface area contributed by atoms with E-state index >= 15 is 0 Å². The van der Waals surface area contributed by atoms with Crippen molar-refractivity contribution in [3.63, 3.8) is 0 Å². The Morgan fingerprint density at radius 3 is 2.68 bits per heavy atom. The summed E-state index contributed by atoms with van der Waals surface area (Å²) in [5, 5.41) is 9.31. The number of benzene rings is 2. The minimum atomic E-state index is -0.155. The molecule has 1 aliphatic rings. The summed E-state index contributed by atoms with van der Waals surface area (Å²) in [6, 6.07) is 12.6. The zero-order valence-corrected chi connectivity index (χ0v) is 14.2. The van der Waals surface area contributed by atoms with Crippen LogP contribution in [-0.4, -0.2) is 23.3 Å². The van der Waals surface area contributed by atoms with Gasteiger partial charge in [0.2, 0.25) is 0 Å². The van der Waals surface area contributed by atoms with Gasteiger partial charge < -0.3 is 9.84 Å². The number of fused-ring (bicyclic) bond motifs is 1. The normalized spacial score (nSPS) is 13.0. The van der Waals surface area contributed by atoms with E-state index < -0.39 is 0 Å². The Labute approximate surface area is 147 Å². The van der Waals surface area contributed by atoms with Crippen LogP contribution in [0.3, 0.4) is 0 Å². The second-order valence-electron chi connectivity index (χ2n) is 6.29. The predicted octanol–water partition coefficient (Wildman–Crippen LogP) is 3.74. The first-order chi connectivity index (χ1) is 12.2. The zero-order chi connectivity index (χ0) is 17.6. The number of hydrogen-bond acceptors (Lipinski definition) is 4. The second-order valence-corrected chi connectivity index (χ2v) is 6.29. The van der Waals surface area contributed by atoms with Crippen molar-refractivity contribution in [3.8, 4) is 5.75 Å². The molecule has 0 amide bonds. The third-order valence-corrected chi connectivity index (χ3v) is 4.53. The van der Waals surface area contributed by atoms with Crippen LogP contribution in [0.15, 0.2) is 42.5 Å². The zero-order valence-electron chi connectivity index (χ0n) is 14.2. The minimum absolute atomic E-state index is 0.0312. The van der Waals surface area contributed by atoms with E-state index in [0.717, 1.165) is 30.8 Å². The molecule has 0 radical (unpaired) electrons. The standard InChI is InChI=1S/C21H22O4/c22-14-17-5-1-2-7-18(17)20(24)9-3-8-19(23)15-10-11-21-16(13-15)6-4-12-25-21/h1-2,5,7,10-11,13,22H,3-4,6,8-9,12,14H2. The van der Waals surface area contributed by atoms with E-state index in [9.17, 15) is 14.7 Å². The molecule has 130 valence electrons. The van der Waals surface area contributed by atoms with Crippen LogP contribution < -0.4 is 4.74 Å². The molecule has 2 aromatic carbocycles. The molecule has 0 spiro atoms. The van der Waals surface area contributed by atoms with Gasteiger partial charge in [-0.05, 0) is 48.6 Å². The lowest BCUT2D eigenvalue weighted by atomic mass is 9.97. The lowest BCUT2D eigenvalue weighted by Gasteiger charge is -2.17. The Morgan fingerprint density at radius 2 is 1.84 bits per heavy atom. The van der Waals surface area contributed by atoms with Gasteiger partial charge in [0.25, 0.3) is 0 Å². The number of hydrogen-bond donors (Lipinski definition) is 1. The van der Waals surface area contributed by atoms with Crippen LogP contribution >= 0.6 is 0 Å². The second kappa shape index (κ2) is 8.08. The third kappa shape index (κ3) is 4.15. The van der Waals surface area contributed by atoms with Crippen LogP contribution in [0.1, 0.15) is 57.5 Å². The molecule has 0 bridgehead atoms. The number of aliphatic hydroxyl groups is 1. The summed E-state index contributed by atoms with van der Waals surface area (Å²) < 4.78 is 5.57. The van der Waals surface area contributed by atoms with Gasteiger partial charge in [-0.1, -0.05) is 24.3 Å². The number of rotatable bonds is 7. The SMILES string of the molecule is O=C(CCCC(=O)c1ccccc1CO)c1ccc2c(c1)CCCO2. The lowest BCUT2D eigenvalue weighted by molar-refractivity contribution is 0.0955. The summed E-state index contributed by atoms with van der Waals surface area (Å²) in [5.41, 5.74) is 2.95. The molecule has 2 aromatic rings. The summed E-state index contributed by atoms with van der Waals surface area (Å²) in [7, 11) is 0. The summed E-state index contributed by atoms with van der Waals surface area (Å²) >= 11 is 0. The van der Waals surface area contributed by atoms with E-state index in [1.165, 1.54) is 0 Å². The van der Waals surface area contributed by atoms with Crippen LogP contribution in [0.5, 0.6) is 5.75 Å². The first-order valence-electron chi connectivity index (χ1n) is 8.70. The van der Waals surface area contributed by atoms with Gasteiger partial charge in [-0.3, -0.25) is 9.59 Å². The van der Waals surface area contributed by atoms with E-state index in [2.05, 4.69) is 0 Å². The predicted molar refractivity (Wildman–Crippen MR) is 95.1 cm³/mol.